The molecule has 0 aromatic carbocycles. The maximum Gasteiger partial charge on any atom is 0.0476 e. The number of ether oxygens (including phenoxy) is 1. The predicted molar refractivity (Wildman–Crippen MR) is 58.3 cm³/mol. The smallest absolute Gasteiger partial charge is 0.0476 e. The summed E-state index contributed by atoms with van der Waals surface area (Å²) in [5.41, 5.74) is 0. The highest BCUT2D eigenvalue weighted by Gasteiger charge is 2.39. The van der Waals surface area contributed by atoms with Crippen LogP contribution in [0.4, 0.5) is 0 Å². The lowest BCUT2D eigenvalue weighted by atomic mass is 9.94. The Hall–Kier alpha value is -0.0800. The average molecular weight is 197 g/mol. The number of hydrogen-bond acceptors (Lipinski definition) is 2. The van der Waals surface area contributed by atoms with E-state index in [1.807, 2.05) is 0 Å². The number of methoxy groups -OCH3 is 1. The van der Waals surface area contributed by atoms with E-state index in [9.17, 15) is 0 Å². The molecule has 0 radical (unpaired) electrons. The van der Waals surface area contributed by atoms with E-state index >= 15 is 0 Å². The van der Waals surface area contributed by atoms with Crippen molar-refractivity contribution in [1.29, 1.82) is 0 Å². The van der Waals surface area contributed by atoms with Gasteiger partial charge in [-0.25, -0.2) is 0 Å². The summed E-state index contributed by atoms with van der Waals surface area (Å²) in [6, 6.07) is 1.44. The van der Waals surface area contributed by atoms with E-state index in [1.165, 1.54) is 25.7 Å². The van der Waals surface area contributed by atoms with E-state index < -0.39 is 0 Å². The van der Waals surface area contributed by atoms with Crippen molar-refractivity contribution in [3.05, 3.63) is 0 Å². The minimum absolute atomic E-state index is 0.624. The zero-order valence-corrected chi connectivity index (χ0v) is 9.46. The Balaban J connectivity index is 1.70. The fourth-order valence-electron chi connectivity index (χ4n) is 3.19. The monoisotopic (exact) mass is 197 g/mol. The van der Waals surface area contributed by atoms with Gasteiger partial charge in [-0.05, 0) is 44.4 Å². The normalized spacial score (nSPS) is 37.7. The molecule has 82 valence electrons. The van der Waals surface area contributed by atoms with Gasteiger partial charge < -0.3 is 10.1 Å². The summed E-state index contributed by atoms with van der Waals surface area (Å²) in [6.07, 6.45) is 7.04. The van der Waals surface area contributed by atoms with Crippen molar-refractivity contribution < 1.29 is 4.74 Å². The Morgan fingerprint density at radius 3 is 2.79 bits per heavy atom. The van der Waals surface area contributed by atoms with Crippen molar-refractivity contribution in [3.8, 4) is 0 Å². The van der Waals surface area contributed by atoms with Gasteiger partial charge in [0, 0.05) is 25.8 Å². The molecule has 2 saturated carbocycles. The maximum absolute atomic E-state index is 5.10. The molecule has 0 aliphatic heterocycles. The number of hydrogen-bond donors (Lipinski definition) is 1. The molecular weight excluding hydrogens is 174 g/mol. The van der Waals surface area contributed by atoms with Gasteiger partial charge in [0.25, 0.3) is 0 Å². The maximum atomic E-state index is 5.10. The molecule has 0 aromatic rings. The SMILES string of the molecule is COCCC(C)NC1CC2CCC1C2. The molecule has 0 amide bonds. The quantitative estimate of drug-likeness (QED) is 0.729. The largest absolute Gasteiger partial charge is 0.385 e. The van der Waals surface area contributed by atoms with E-state index in [-0.39, 0.29) is 0 Å². The zero-order chi connectivity index (χ0) is 9.97. The molecule has 0 saturated heterocycles. The number of fused-ring (bicyclic) bond motifs is 2. The molecule has 2 bridgehead atoms. The van der Waals surface area contributed by atoms with Crippen LogP contribution in [-0.2, 0) is 4.74 Å². The number of nitrogens with one attached hydrogen (secondary N) is 1. The van der Waals surface area contributed by atoms with E-state index in [4.69, 9.17) is 4.74 Å². The van der Waals surface area contributed by atoms with Crippen molar-refractivity contribution >= 4 is 0 Å². The van der Waals surface area contributed by atoms with Crippen LogP contribution in [0.5, 0.6) is 0 Å². The van der Waals surface area contributed by atoms with E-state index in [2.05, 4.69) is 12.2 Å². The first-order valence-electron chi connectivity index (χ1n) is 6.04. The molecular formula is C12H23NO. The van der Waals surface area contributed by atoms with E-state index in [1.54, 1.807) is 7.11 Å². The van der Waals surface area contributed by atoms with Crippen LogP contribution in [0.25, 0.3) is 0 Å². The second-order valence-corrected chi connectivity index (χ2v) is 5.13. The van der Waals surface area contributed by atoms with Crippen LogP contribution in [0.1, 0.15) is 39.0 Å². The summed E-state index contributed by atoms with van der Waals surface area (Å²) in [6.45, 7) is 3.17. The molecule has 4 atom stereocenters. The van der Waals surface area contributed by atoms with Crippen molar-refractivity contribution in [1.82, 2.24) is 5.32 Å². The standard InChI is InChI=1S/C12H23NO/c1-9(5-6-14-2)13-12-8-10-3-4-11(12)7-10/h9-13H,3-8H2,1-2H3. The number of rotatable bonds is 5. The van der Waals surface area contributed by atoms with Crippen LogP contribution in [0, 0.1) is 11.8 Å². The second kappa shape index (κ2) is 4.63. The Kier molecular flexibility index (Phi) is 3.45. The first-order valence-corrected chi connectivity index (χ1v) is 6.04. The minimum atomic E-state index is 0.624. The highest BCUT2D eigenvalue weighted by atomic mass is 16.5. The molecule has 2 rings (SSSR count). The van der Waals surface area contributed by atoms with Gasteiger partial charge in [0.15, 0.2) is 0 Å². The van der Waals surface area contributed by atoms with Crippen LogP contribution in [-0.4, -0.2) is 25.8 Å². The molecule has 14 heavy (non-hydrogen) atoms. The van der Waals surface area contributed by atoms with Gasteiger partial charge >= 0.3 is 0 Å². The van der Waals surface area contributed by atoms with Crippen molar-refractivity contribution in [2.45, 2.75) is 51.1 Å². The molecule has 2 heteroatoms. The van der Waals surface area contributed by atoms with Gasteiger partial charge in [0.2, 0.25) is 0 Å². The van der Waals surface area contributed by atoms with Gasteiger partial charge in [0.1, 0.15) is 0 Å². The lowest BCUT2D eigenvalue weighted by Crippen LogP contribution is -2.40. The average Bonchev–Trinajstić information content (AvgIpc) is 2.76. The summed E-state index contributed by atoms with van der Waals surface area (Å²) in [4.78, 5) is 0. The van der Waals surface area contributed by atoms with Crippen LogP contribution >= 0.6 is 0 Å². The first kappa shape index (κ1) is 10.4. The Bertz CT molecular complexity index is 183. The van der Waals surface area contributed by atoms with Gasteiger partial charge in [-0.15, -0.1) is 0 Å². The molecule has 0 heterocycles. The van der Waals surface area contributed by atoms with Crippen molar-refractivity contribution in [2.75, 3.05) is 13.7 Å². The molecule has 0 spiro atoms. The van der Waals surface area contributed by atoms with E-state index in [0.717, 1.165) is 30.9 Å². The highest BCUT2D eigenvalue weighted by molar-refractivity contribution is 4.94. The van der Waals surface area contributed by atoms with Crippen molar-refractivity contribution in [2.24, 2.45) is 11.8 Å². The molecule has 2 aliphatic carbocycles. The van der Waals surface area contributed by atoms with Crippen LogP contribution in [0.15, 0.2) is 0 Å². The molecule has 1 N–H and O–H groups in total. The van der Waals surface area contributed by atoms with Gasteiger partial charge in [-0.2, -0.15) is 0 Å². The topological polar surface area (TPSA) is 21.3 Å². The zero-order valence-electron chi connectivity index (χ0n) is 9.46. The summed E-state index contributed by atoms with van der Waals surface area (Å²) >= 11 is 0. The van der Waals surface area contributed by atoms with E-state index in [0.29, 0.717) is 6.04 Å². The van der Waals surface area contributed by atoms with Gasteiger partial charge in [-0.3, -0.25) is 0 Å². The highest BCUT2D eigenvalue weighted by Crippen LogP contribution is 2.44. The second-order valence-electron chi connectivity index (χ2n) is 5.13. The molecule has 0 aromatic heterocycles. The molecule has 2 nitrogen and oxygen atoms in total. The molecule has 2 aliphatic rings. The third kappa shape index (κ3) is 2.29. The van der Waals surface area contributed by atoms with Crippen LogP contribution in [0.3, 0.4) is 0 Å². The lowest BCUT2D eigenvalue weighted by molar-refractivity contribution is 0.179. The van der Waals surface area contributed by atoms with Gasteiger partial charge in [0.05, 0.1) is 0 Å². The van der Waals surface area contributed by atoms with Gasteiger partial charge in [-0.1, -0.05) is 6.42 Å². The Morgan fingerprint density at radius 2 is 2.21 bits per heavy atom. The molecule has 2 fully saturated rings. The minimum Gasteiger partial charge on any atom is -0.385 e. The third-order valence-electron chi connectivity index (χ3n) is 3.99. The summed E-state index contributed by atoms with van der Waals surface area (Å²) in [5.74, 6) is 2.04. The fraction of sp³-hybridized carbons (Fsp3) is 1.00. The fourth-order valence-corrected chi connectivity index (χ4v) is 3.19. The van der Waals surface area contributed by atoms with Crippen LogP contribution < -0.4 is 5.32 Å². The summed E-state index contributed by atoms with van der Waals surface area (Å²) < 4.78 is 5.10. The van der Waals surface area contributed by atoms with Crippen molar-refractivity contribution in [3.63, 3.8) is 0 Å². The lowest BCUT2D eigenvalue weighted by Gasteiger charge is -2.26. The van der Waals surface area contributed by atoms with Crippen LogP contribution in [0.2, 0.25) is 0 Å². The first-order chi connectivity index (χ1) is 6.79. The predicted octanol–water partition coefficient (Wildman–Crippen LogP) is 2.19. The third-order valence-corrected chi connectivity index (χ3v) is 3.99. The Morgan fingerprint density at radius 1 is 1.36 bits per heavy atom. The molecule has 4 unspecified atom stereocenters. The summed E-state index contributed by atoms with van der Waals surface area (Å²) in [7, 11) is 1.78. The summed E-state index contributed by atoms with van der Waals surface area (Å²) in [5, 5.41) is 3.77. The Labute approximate surface area is 87.4 Å².